The molecule has 0 saturated heterocycles. The molecule has 0 aliphatic heterocycles. The Bertz CT molecular complexity index is 182. The third-order valence-corrected chi connectivity index (χ3v) is 4.11. The Hall–Kier alpha value is -0.0400. The summed E-state index contributed by atoms with van der Waals surface area (Å²) in [7, 11) is 0. The van der Waals surface area contributed by atoms with Crippen molar-refractivity contribution in [3.05, 3.63) is 0 Å². The average molecular weight is 225 g/mol. The maximum atomic E-state index is 3.72. The van der Waals surface area contributed by atoms with E-state index in [1.54, 1.807) is 0 Å². The predicted octanol–water partition coefficient (Wildman–Crippen LogP) is 4.23. The highest BCUT2D eigenvalue weighted by Crippen LogP contribution is 2.37. The van der Waals surface area contributed by atoms with E-state index in [-0.39, 0.29) is 0 Å². The summed E-state index contributed by atoms with van der Waals surface area (Å²) in [6, 6.07) is 0.803. The monoisotopic (exact) mass is 225 g/mol. The molecular weight excluding hydrogens is 194 g/mol. The van der Waals surface area contributed by atoms with Gasteiger partial charge in [0.25, 0.3) is 0 Å². The van der Waals surface area contributed by atoms with Crippen LogP contribution in [-0.4, -0.2) is 12.6 Å². The van der Waals surface area contributed by atoms with Gasteiger partial charge in [-0.05, 0) is 55.9 Å². The van der Waals surface area contributed by atoms with Gasteiger partial charge in [-0.25, -0.2) is 0 Å². The summed E-state index contributed by atoms with van der Waals surface area (Å²) >= 11 is 0. The zero-order valence-corrected chi connectivity index (χ0v) is 12.0. The Labute approximate surface area is 102 Å². The fourth-order valence-corrected chi connectivity index (χ4v) is 2.74. The van der Waals surface area contributed by atoms with Gasteiger partial charge in [0.15, 0.2) is 0 Å². The Morgan fingerprint density at radius 3 is 2.06 bits per heavy atom. The number of rotatable bonds is 4. The highest BCUT2D eigenvalue weighted by Gasteiger charge is 2.29. The molecule has 16 heavy (non-hydrogen) atoms. The predicted molar refractivity (Wildman–Crippen MR) is 72.7 cm³/mol. The van der Waals surface area contributed by atoms with Crippen molar-refractivity contribution in [3.63, 3.8) is 0 Å². The second kappa shape index (κ2) is 6.05. The van der Waals surface area contributed by atoms with E-state index in [2.05, 4.69) is 39.9 Å². The zero-order chi connectivity index (χ0) is 12.2. The minimum atomic E-state index is 0.517. The van der Waals surface area contributed by atoms with Crippen LogP contribution in [0.15, 0.2) is 0 Å². The molecule has 0 spiro atoms. The third kappa shape index (κ3) is 4.86. The molecule has 0 heterocycles. The van der Waals surface area contributed by atoms with Crippen molar-refractivity contribution in [1.82, 2.24) is 5.32 Å². The van der Waals surface area contributed by atoms with Crippen LogP contribution in [0.25, 0.3) is 0 Å². The lowest BCUT2D eigenvalue weighted by Crippen LogP contribution is -2.36. The van der Waals surface area contributed by atoms with Gasteiger partial charge in [-0.1, -0.05) is 34.6 Å². The summed E-state index contributed by atoms with van der Waals surface area (Å²) < 4.78 is 0. The first-order chi connectivity index (χ1) is 7.39. The highest BCUT2D eigenvalue weighted by atomic mass is 14.9. The molecule has 0 atom stereocenters. The molecule has 0 radical (unpaired) electrons. The molecule has 0 amide bonds. The van der Waals surface area contributed by atoms with Gasteiger partial charge >= 0.3 is 0 Å². The number of hydrogen-bond acceptors (Lipinski definition) is 1. The molecule has 1 aliphatic carbocycles. The molecule has 0 aromatic rings. The van der Waals surface area contributed by atoms with Crippen LogP contribution in [0.3, 0.4) is 0 Å². The first-order valence-corrected chi connectivity index (χ1v) is 7.13. The SMILES string of the molecule is CC(C)CCNC1CCC(C(C)(C)C)CC1. The van der Waals surface area contributed by atoms with E-state index < -0.39 is 0 Å². The molecule has 1 aliphatic rings. The summed E-state index contributed by atoms with van der Waals surface area (Å²) in [5, 5.41) is 3.72. The minimum Gasteiger partial charge on any atom is -0.314 e. The summed E-state index contributed by atoms with van der Waals surface area (Å²) in [5.41, 5.74) is 0.517. The van der Waals surface area contributed by atoms with Crippen molar-refractivity contribution in [3.8, 4) is 0 Å². The van der Waals surface area contributed by atoms with Gasteiger partial charge in [0.1, 0.15) is 0 Å². The Balaban J connectivity index is 2.17. The molecule has 1 fully saturated rings. The van der Waals surface area contributed by atoms with Gasteiger partial charge in [0.05, 0.1) is 0 Å². The van der Waals surface area contributed by atoms with Crippen molar-refractivity contribution in [2.75, 3.05) is 6.54 Å². The number of hydrogen-bond donors (Lipinski definition) is 1. The summed E-state index contributed by atoms with van der Waals surface area (Å²) in [6.07, 6.45) is 6.94. The van der Waals surface area contributed by atoms with Crippen LogP contribution >= 0.6 is 0 Å². The summed E-state index contributed by atoms with van der Waals surface area (Å²) in [4.78, 5) is 0. The number of nitrogens with one attached hydrogen (secondary N) is 1. The second-order valence-corrected chi connectivity index (χ2v) is 7.05. The molecule has 1 rings (SSSR count). The molecule has 0 bridgehead atoms. The minimum absolute atomic E-state index is 0.517. The lowest BCUT2D eigenvalue weighted by molar-refractivity contribution is 0.160. The molecular formula is C15H31N. The quantitative estimate of drug-likeness (QED) is 0.755. The third-order valence-electron chi connectivity index (χ3n) is 4.11. The van der Waals surface area contributed by atoms with Gasteiger partial charge in [0.2, 0.25) is 0 Å². The van der Waals surface area contributed by atoms with E-state index in [1.165, 1.54) is 38.6 Å². The first kappa shape index (κ1) is 14.0. The molecule has 0 unspecified atom stereocenters. The van der Waals surface area contributed by atoms with Crippen molar-refractivity contribution in [2.45, 2.75) is 72.8 Å². The van der Waals surface area contributed by atoms with Crippen LogP contribution in [0.5, 0.6) is 0 Å². The Kier molecular flexibility index (Phi) is 5.30. The van der Waals surface area contributed by atoms with Crippen LogP contribution in [0.1, 0.15) is 66.7 Å². The van der Waals surface area contributed by atoms with Gasteiger partial charge in [-0.3, -0.25) is 0 Å². The van der Waals surface area contributed by atoms with E-state index in [1.807, 2.05) is 0 Å². The smallest absolute Gasteiger partial charge is 0.00672 e. The standard InChI is InChI=1S/C15H31N/c1-12(2)10-11-16-14-8-6-13(7-9-14)15(3,4)5/h12-14,16H,6-11H2,1-5H3. The maximum Gasteiger partial charge on any atom is 0.00672 e. The van der Waals surface area contributed by atoms with Crippen LogP contribution in [0.4, 0.5) is 0 Å². The van der Waals surface area contributed by atoms with Crippen LogP contribution in [0, 0.1) is 17.3 Å². The van der Waals surface area contributed by atoms with E-state index in [0.717, 1.165) is 17.9 Å². The van der Waals surface area contributed by atoms with Crippen LogP contribution in [0.2, 0.25) is 0 Å². The van der Waals surface area contributed by atoms with Crippen molar-refractivity contribution in [2.24, 2.45) is 17.3 Å². The maximum absolute atomic E-state index is 3.72. The summed E-state index contributed by atoms with van der Waals surface area (Å²) in [5.74, 6) is 1.77. The lowest BCUT2D eigenvalue weighted by atomic mass is 9.71. The normalized spacial score (nSPS) is 27.4. The Morgan fingerprint density at radius 2 is 1.62 bits per heavy atom. The van der Waals surface area contributed by atoms with Gasteiger partial charge in [-0.15, -0.1) is 0 Å². The largest absolute Gasteiger partial charge is 0.314 e. The Morgan fingerprint density at radius 1 is 1.06 bits per heavy atom. The zero-order valence-electron chi connectivity index (χ0n) is 12.0. The van der Waals surface area contributed by atoms with Crippen LogP contribution < -0.4 is 5.32 Å². The van der Waals surface area contributed by atoms with Crippen molar-refractivity contribution < 1.29 is 0 Å². The van der Waals surface area contributed by atoms with Crippen molar-refractivity contribution >= 4 is 0 Å². The van der Waals surface area contributed by atoms with Crippen LogP contribution in [-0.2, 0) is 0 Å². The first-order valence-electron chi connectivity index (χ1n) is 7.13. The average Bonchev–Trinajstić information content (AvgIpc) is 2.16. The molecule has 1 N–H and O–H groups in total. The van der Waals surface area contributed by atoms with Gasteiger partial charge < -0.3 is 5.32 Å². The lowest BCUT2D eigenvalue weighted by Gasteiger charge is -2.37. The van der Waals surface area contributed by atoms with E-state index in [4.69, 9.17) is 0 Å². The fourth-order valence-electron chi connectivity index (χ4n) is 2.74. The topological polar surface area (TPSA) is 12.0 Å². The summed E-state index contributed by atoms with van der Waals surface area (Å²) in [6.45, 7) is 13.0. The fraction of sp³-hybridized carbons (Fsp3) is 1.00. The highest BCUT2D eigenvalue weighted by molar-refractivity contribution is 4.83. The van der Waals surface area contributed by atoms with Crippen molar-refractivity contribution in [1.29, 1.82) is 0 Å². The molecule has 0 aromatic heterocycles. The molecule has 1 heteroatoms. The van der Waals surface area contributed by atoms with E-state index >= 15 is 0 Å². The van der Waals surface area contributed by atoms with Gasteiger partial charge in [-0.2, -0.15) is 0 Å². The van der Waals surface area contributed by atoms with E-state index in [0.29, 0.717) is 5.41 Å². The van der Waals surface area contributed by atoms with E-state index in [9.17, 15) is 0 Å². The molecule has 1 saturated carbocycles. The molecule has 96 valence electrons. The molecule has 1 nitrogen and oxygen atoms in total. The van der Waals surface area contributed by atoms with Gasteiger partial charge in [0, 0.05) is 6.04 Å². The second-order valence-electron chi connectivity index (χ2n) is 7.05. The molecule has 0 aromatic carbocycles.